The van der Waals surface area contributed by atoms with E-state index < -0.39 is 12.7 Å². The second-order valence-electron chi connectivity index (χ2n) is 1.12. The summed E-state index contributed by atoms with van der Waals surface area (Å²) in [7, 11) is 4.76. The molecule has 1 fully saturated rings. The van der Waals surface area contributed by atoms with Gasteiger partial charge in [-0.15, -0.1) is 0 Å². The Morgan fingerprint density at radius 2 is 2.57 bits per heavy atom. The van der Waals surface area contributed by atoms with Crippen molar-refractivity contribution in [3.05, 3.63) is 0 Å². The van der Waals surface area contributed by atoms with Gasteiger partial charge in [0.1, 0.15) is 0 Å². The Bertz CT molecular complexity index is 111. The number of amides is 1. The van der Waals surface area contributed by atoms with Gasteiger partial charge < -0.3 is 0 Å². The first-order valence-corrected chi connectivity index (χ1v) is 5.88. The van der Waals surface area contributed by atoms with Crippen molar-refractivity contribution in [2.75, 3.05) is 6.54 Å². The summed E-state index contributed by atoms with van der Waals surface area (Å²) in [4.78, 5) is 10.2. The maximum absolute atomic E-state index is 10.2. The molecule has 1 saturated heterocycles. The van der Waals surface area contributed by atoms with Crippen molar-refractivity contribution in [3.8, 4) is 0 Å². The molecule has 1 unspecified atom stereocenters. The van der Waals surface area contributed by atoms with Crippen LogP contribution in [-0.2, 0) is 4.79 Å². The fourth-order valence-corrected chi connectivity index (χ4v) is 2.38. The quantitative estimate of drug-likeness (QED) is 0.468. The predicted molar refractivity (Wildman–Crippen MR) is 29.5 cm³/mol. The first-order valence-electron chi connectivity index (χ1n) is 1.74. The number of hydrogen-bond donors (Lipinski definition) is 2. The van der Waals surface area contributed by atoms with Gasteiger partial charge in [0, 0.05) is 0 Å². The third-order valence-corrected chi connectivity index (χ3v) is 3.34. The van der Waals surface area contributed by atoms with E-state index in [1.165, 1.54) is 0 Å². The molecule has 1 aliphatic rings. The average molecular weight is 183 g/mol. The molecular formula is C2H4N2OSSe. The molecule has 3 nitrogen and oxygen atoms in total. The first-order chi connectivity index (χ1) is 3.29. The van der Waals surface area contributed by atoms with Gasteiger partial charge in [-0.3, -0.25) is 0 Å². The molecule has 1 atom stereocenters. The predicted octanol–water partition coefficient (Wildman–Crippen LogP) is -1.11. The van der Waals surface area contributed by atoms with Crippen molar-refractivity contribution in [3.63, 3.8) is 0 Å². The van der Waals surface area contributed by atoms with E-state index in [4.69, 9.17) is 10.6 Å². The zero-order chi connectivity index (χ0) is 5.28. The molecular weight excluding hydrogens is 179 g/mol. The molecule has 40 valence electrons. The van der Waals surface area contributed by atoms with Crippen LogP contribution in [-0.4, -0.2) is 25.2 Å². The summed E-state index contributed by atoms with van der Waals surface area (Å²) >= 11 is -1.26. The van der Waals surface area contributed by atoms with Crippen LogP contribution in [0.4, 0.5) is 0 Å². The van der Waals surface area contributed by atoms with Crippen LogP contribution < -0.4 is 8.67 Å². The molecule has 0 aliphatic carbocycles. The topological polar surface area (TPSA) is 41.1 Å². The Hall–Kier alpha value is 0.169. The van der Waals surface area contributed by atoms with Crippen molar-refractivity contribution < 1.29 is 4.79 Å². The summed E-state index contributed by atoms with van der Waals surface area (Å²) < 4.78 is 5.45. The molecule has 2 N–H and O–H groups in total. The fraction of sp³-hybridized carbons (Fsp3) is 0.500. The monoisotopic (exact) mass is 184 g/mol. The Morgan fingerprint density at radius 1 is 1.86 bits per heavy atom. The summed E-state index contributed by atoms with van der Waals surface area (Å²) in [6, 6.07) is 0. The molecule has 0 bridgehead atoms. The fourth-order valence-electron chi connectivity index (χ4n) is 0.307. The molecule has 1 rings (SSSR count). The van der Waals surface area contributed by atoms with Crippen LogP contribution in [0, 0.1) is 0 Å². The van der Waals surface area contributed by atoms with Crippen molar-refractivity contribution >= 4 is 29.2 Å². The molecule has 7 heavy (non-hydrogen) atoms. The Balaban J connectivity index is 2.55. The van der Waals surface area contributed by atoms with Crippen LogP contribution in [0.1, 0.15) is 0 Å². The normalized spacial score (nSPS) is 30.3. The minimum absolute atomic E-state index is 0.0417. The summed E-state index contributed by atoms with van der Waals surface area (Å²) in [5.74, 6) is 0.0417. The van der Waals surface area contributed by atoms with Crippen molar-refractivity contribution in [1.29, 1.82) is 0 Å². The number of hydrogen-bond acceptors (Lipinski definition) is 2. The molecule has 0 saturated carbocycles. The van der Waals surface area contributed by atoms with E-state index in [1.54, 1.807) is 0 Å². The van der Waals surface area contributed by atoms with Crippen LogP contribution in [0.3, 0.4) is 0 Å². The van der Waals surface area contributed by atoms with Crippen molar-refractivity contribution in [2.24, 2.45) is 0 Å². The van der Waals surface area contributed by atoms with Crippen LogP contribution in [0.5, 0.6) is 0 Å². The van der Waals surface area contributed by atoms with Gasteiger partial charge in [-0.1, -0.05) is 0 Å². The van der Waals surface area contributed by atoms with Crippen LogP contribution in [0.15, 0.2) is 0 Å². The summed E-state index contributed by atoms with van der Waals surface area (Å²) in [6.07, 6.45) is 0. The molecule has 0 aromatic heterocycles. The van der Waals surface area contributed by atoms with Gasteiger partial charge in [0.2, 0.25) is 0 Å². The number of nitrogens with one attached hydrogen (secondary N) is 2. The average Bonchev–Trinajstić information content (AvgIpc) is 1.87. The first kappa shape index (κ1) is 5.31. The van der Waals surface area contributed by atoms with Crippen molar-refractivity contribution in [1.82, 2.24) is 8.67 Å². The molecule has 5 heteroatoms. The third kappa shape index (κ3) is 1.28. The molecule has 0 radical (unpaired) electrons. The van der Waals surface area contributed by atoms with E-state index in [0.29, 0.717) is 6.54 Å². The van der Waals surface area contributed by atoms with Crippen LogP contribution in [0.25, 0.3) is 0 Å². The van der Waals surface area contributed by atoms with Gasteiger partial charge >= 0.3 is 49.2 Å². The van der Waals surface area contributed by atoms with Gasteiger partial charge in [0.25, 0.3) is 0 Å². The zero-order valence-corrected chi connectivity index (χ0v) is 5.96. The Morgan fingerprint density at radius 3 is 2.71 bits per heavy atom. The molecule has 0 aromatic rings. The van der Waals surface area contributed by atoms with E-state index >= 15 is 0 Å². The van der Waals surface area contributed by atoms with Gasteiger partial charge in [-0.2, -0.15) is 0 Å². The van der Waals surface area contributed by atoms with Gasteiger partial charge in [0.05, 0.1) is 0 Å². The SMILES string of the molecule is O=C1CN[Se](=S)N1. The van der Waals surface area contributed by atoms with Gasteiger partial charge in [-0.25, -0.2) is 0 Å². The summed E-state index contributed by atoms with van der Waals surface area (Å²) in [5, 5.41) is 0. The third-order valence-electron chi connectivity index (χ3n) is 0.570. The number of carbonyl (C=O) groups is 1. The van der Waals surface area contributed by atoms with E-state index in [1.807, 2.05) is 0 Å². The van der Waals surface area contributed by atoms with Gasteiger partial charge in [-0.05, 0) is 0 Å². The van der Waals surface area contributed by atoms with E-state index in [9.17, 15) is 4.79 Å². The Kier molecular flexibility index (Phi) is 1.49. The molecule has 1 amide bonds. The second kappa shape index (κ2) is 1.96. The van der Waals surface area contributed by atoms with E-state index in [-0.39, 0.29) is 5.91 Å². The second-order valence-corrected chi connectivity index (χ2v) is 5.01. The van der Waals surface area contributed by atoms with Gasteiger partial charge in [0.15, 0.2) is 0 Å². The minimum atomic E-state index is -1.26. The maximum atomic E-state index is 10.2. The molecule has 1 heterocycles. The van der Waals surface area contributed by atoms with Crippen molar-refractivity contribution in [2.45, 2.75) is 0 Å². The number of rotatable bonds is 0. The summed E-state index contributed by atoms with van der Waals surface area (Å²) in [6.45, 7) is 0.425. The van der Waals surface area contributed by atoms with E-state index in [2.05, 4.69) is 8.67 Å². The van der Waals surface area contributed by atoms with Crippen LogP contribution >= 0.6 is 10.6 Å². The Labute approximate surface area is 49.6 Å². The molecule has 0 spiro atoms. The zero-order valence-electron chi connectivity index (χ0n) is 3.43. The molecule has 1 aliphatic heterocycles. The summed E-state index contributed by atoms with van der Waals surface area (Å²) in [5.41, 5.74) is 0. The van der Waals surface area contributed by atoms with Crippen LogP contribution in [0.2, 0.25) is 0 Å². The van der Waals surface area contributed by atoms with E-state index in [0.717, 1.165) is 0 Å². The standard InChI is InChI=1S/C2H4N2OSSe/c5-2-1-3-7(6)4-2/h3H,1H2,(H,4,5). The molecule has 0 aromatic carbocycles. The number of carbonyl (C=O) groups excluding carboxylic acids is 1.